The van der Waals surface area contributed by atoms with Crippen molar-refractivity contribution >= 4 is 0 Å². The van der Waals surface area contributed by atoms with Gasteiger partial charge in [0.1, 0.15) is 0 Å². The van der Waals surface area contributed by atoms with E-state index in [9.17, 15) is 9.18 Å². The van der Waals surface area contributed by atoms with Gasteiger partial charge in [-0.05, 0) is 31.2 Å². The summed E-state index contributed by atoms with van der Waals surface area (Å²) in [5.74, 6) is -0.374. The summed E-state index contributed by atoms with van der Waals surface area (Å²) in [5, 5.41) is 5.44. The number of fused-ring (bicyclic) bond motifs is 1. The maximum Gasteiger partial charge on any atom is 0.267 e. The second kappa shape index (κ2) is 3.84. The number of hydrogen-bond acceptors (Lipinski definition) is 2. The zero-order chi connectivity index (χ0) is 11.8. The van der Waals surface area contributed by atoms with Gasteiger partial charge in [0.25, 0.3) is 5.56 Å². The Morgan fingerprint density at radius 3 is 3.12 bits per heavy atom. The average molecular weight is 233 g/mol. The topological polar surface area (TPSA) is 61.5 Å². The third-order valence-electron chi connectivity index (χ3n) is 3.39. The lowest BCUT2D eigenvalue weighted by Crippen LogP contribution is -2.18. The molecule has 0 aromatic carbocycles. The summed E-state index contributed by atoms with van der Waals surface area (Å²) in [5.41, 5.74) is 2.23. The van der Waals surface area contributed by atoms with Crippen LogP contribution in [0.15, 0.2) is 23.1 Å². The van der Waals surface area contributed by atoms with Gasteiger partial charge >= 0.3 is 0 Å². The molecule has 0 aliphatic heterocycles. The number of H-pyrrole nitrogens is 2. The van der Waals surface area contributed by atoms with Crippen molar-refractivity contribution in [3.63, 3.8) is 0 Å². The van der Waals surface area contributed by atoms with E-state index in [1.165, 1.54) is 6.20 Å². The number of aryl methyl sites for hydroxylation is 1. The number of hydrogen-bond donors (Lipinski definition) is 2. The molecular weight excluding hydrogens is 221 g/mol. The maximum absolute atomic E-state index is 13.6. The van der Waals surface area contributed by atoms with Crippen molar-refractivity contribution in [1.82, 2.24) is 15.2 Å². The van der Waals surface area contributed by atoms with Gasteiger partial charge in [-0.3, -0.25) is 9.89 Å². The molecule has 17 heavy (non-hydrogen) atoms. The number of pyridine rings is 1. The van der Waals surface area contributed by atoms with Crippen LogP contribution in [0, 0.1) is 5.95 Å². The Labute approximate surface area is 96.9 Å². The maximum atomic E-state index is 13.6. The minimum absolute atomic E-state index is 0.0492. The molecule has 2 N–H and O–H groups in total. The minimum atomic E-state index is -0.423. The van der Waals surface area contributed by atoms with E-state index in [2.05, 4.69) is 15.2 Å². The van der Waals surface area contributed by atoms with E-state index >= 15 is 0 Å². The summed E-state index contributed by atoms with van der Waals surface area (Å²) in [4.78, 5) is 15.2. The molecule has 1 atom stereocenters. The molecule has 0 radical (unpaired) electrons. The molecule has 3 rings (SSSR count). The number of halogens is 1. The van der Waals surface area contributed by atoms with E-state index in [4.69, 9.17) is 0 Å². The Bertz CT molecular complexity index is 602. The highest BCUT2D eigenvalue weighted by atomic mass is 19.1. The van der Waals surface area contributed by atoms with Gasteiger partial charge in [-0.15, -0.1) is 0 Å². The Morgan fingerprint density at radius 1 is 1.41 bits per heavy atom. The Hall–Kier alpha value is -1.91. The fourth-order valence-corrected chi connectivity index (χ4v) is 2.48. The fourth-order valence-electron chi connectivity index (χ4n) is 2.48. The smallest absolute Gasteiger partial charge is 0.267 e. The Balaban J connectivity index is 1.97. The van der Waals surface area contributed by atoms with E-state index in [-0.39, 0.29) is 11.5 Å². The van der Waals surface area contributed by atoms with Crippen LogP contribution in [0.5, 0.6) is 0 Å². The van der Waals surface area contributed by atoms with Crippen LogP contribution >= 0.6 is 0 Å². The molecule has 0 saturated carbocycles. The summed E-state index contributed by atoms with van der Waals surface area (Å²) in [6, 6.07) is 3.48. The van der Waals surface area contributed by atoms with E-state index < -0.39 is 5.95 Å². The molecule has 5 heteroatoms. The van der Waals surface area contributed by atoms with Crippen molar-refractivity contribution in [1.29, 1.82) is 0 Å². The lowest BCUT2D eigenvalue weighted by molar-refractivity contribution is 0.509. The first-order valence-electron chi connectivity index (χ1n) is 5.64. The quantitative estimate of drug-likeness (QED) is 0.733. The second-order valence-corrected chi connectivity index (χ2v) is 4.36. The molecule has 2 aromatic rings. The highest BCUT2D eigenvalue weighted by molar-refractivity contribution is 5.27. The predicted octanol–water partition coefficient (Wildman–Crippen LogP) is 1.51. The van der Waals surface area contributed by atoms with Gasteiger partial charge in [0.15, 0.2) is 0 Å². The summed E-state index contributed by atoms with van der Waals surface area (Å²) < 4.78 is 13.6. The standard InChI is InChI=1S/C12H12FN3O/c13-11-8(2-1-5-14-11)7-3-4-10-9(6-7)12(17)16-15-10/h1-2,5,7H,3-4,6H2,(H2,15,16,17). The van der Waals surface area contributed by atoms with Crippen molar-refractivity contribution in [3.05, 3.63) is 51.5 Å². The molecule has 2 aromatic heterocycles. The molecule has 1 aliphatic carbocycles. The van der Waals surface area contributed by atoms with E-state index in [0.29, 0.717) is 12.0 Å². The molecule has 88 valence electrons. The van der Waals surface area contributed by atoms with Gasteiger partial charge in [-0.2, -0.15) is 4.39 Å². The molecule has 0 saturated heterocycles. The van der Waals surface area contributed by atoms with E-state index in [0.717, 1.165) is 24.1 Å². The summed E-state index contributed by atoms with van der Waals surface area (Å²) in [6.07, 6.45) is 3.63. The molecule has 1 unspecified atom stereocenters. The monoisotopic (exact) mass is 233 g/mol. The lowest BCUT2D eigenvalue weighted by atomic mass is 9.83. The van der Waals surface area contributed by atoms with Crippen LogP contribution in [0.3, 0.4) is 0 Å². The van der Waals surface area contributed by atoms with Gasteiger partial charge in [-0.1, -0.05) is 6.07 Å². The Morgan fingerprint density at radius 2 is 2.29 bits per heavy atom. The molecule has 4 nitrogen and oxygen atoms in total. The van der Waals surface area contributed by atoms with Crippen LogP contribution in [-0.2, 0) is 12.8 Å². The SMILES string of the molecule is O=c1[nH][nH]c2c1CC(c1cccnc1F)CC2. The number of rotatable bonds is 1. The van der Waals surface area contributed by atoms with Gasteiger partial charge in [0.2, 0.25) is 5.95 Å². The fraction of sp³-hybridized carbons (Fsp3) is 0.333. The summed E-state index contributed by atoms with van der Waals surface area (Å²) in [7, 11) is 0. The zero-order valence-corrected chi connectivity index (χ0v) is 9.16. The zero-order valence-electron chi connectivity index (χ0n) is 9.16. The van der Waals surface area contributed by atoms with Crippen LogP contribution < -0.4 is 5.56 Å². The predicted molar refractivity (Wildman–Crippen MR) is 60.4 cm³/mol. The molecule has 0 fully saturated rings. The van der Waals surface area contributed by atoms with Crippen molar-refractivity contribution < 1.29 is 4.39 Å². The third-order valence-corrected chi connectivity index (χ3v) is 3.39. The number of nitrogens with zero attached hydrogens (tertiary/aromatic N) is 1. The highest BCUT2D eigenvalue weighted by Crippen LogP contribution is 2.30. The second-order valence-electron chi connectivity index (χ2n) is 4.36. The minimum Gasteiger partial charge on any atom is -0.302 e. The number of aromatic nitrogens is 3. The average Bonchev–Trinajstić information content (AvgIpc) is 2.71. The van der Waals surface area contributed by atoms with Gasteiger partial charge in [0.05, 0.1) is 0 Å². The molecule has 2 heterocycles. The van der Waals surface area contributed by atoms with Crippen molar-refractivity contribution in [2.75, 3.05) is 0 Å². The van der Waals surface area contributed by atoms with Crippen LogP contribution in [-0.4, -0.2) is 15.2 Å². The normalized spacial score (nSPS) is 19.0. The molecule has 0 amide bonds. The van der Waals surface area contributed by atoms with Crippen molar-refractivity contribution in [2.24, 2.45) is 0 Å². The molecule has 0 bridgehead atoms. The van der Waals surface area contributed by atoms with Gasteiger partial charge in [-0.25, -0.2) is 4.98 Å². The molecule has 0 spiro atoms. The van der Waals surface area contributed by atoms with Gasteiger partial charge in [0, 0.05) is 23.0 Å². The van der Waals surface area contributed by atoms with E-state index in [1.807, 2.05) is 0 Å². The van der Waals surface area contributed by atoms with Crippen molar-refractivity contribution in [3.8, 4) is 0 Å². The Kier molecular flexibility index (Phi) is 2.31. The number of nitrogens with one attached hydrogen (secondary N) is 2. The largest absolute Gasteiger partial charge is 0.302 e. The lowest BCUT2D eigenvalue weighted by Gasteiger charge is -2.21. The first-order valence-corrected chi connectivity index (χ1v) is 5.64. The third kappa shape index (κ3) is 1.67. The number of aromatic amines is 2. The molecular formula is C12H12FN3O. The van der Waals surface area contributed by atoms with Crippen LogP contribution in [0.4, 0.5) is 4.39 Å². The van der Waals surface area contributed by atoms with Crippen LogP contribution in [0.2, 0.25) is 0 Å². The van der Waals surface area contributed by atoms with Crippen LogP contribution in [0.1, 0.15) is 29.2 Å². The van der Waals surface area contributed by atoms with Crippen molar-refractivity contribution in [2.45, 2.75) is 25.2 Å². The summed E-state index contributed by atoms with van der Waals surface area (Å²) in [6.45, 7) is 0. The van der Waals surface area contributed by atoms with Crippen LogP contribution in [0.25, 0.3) is 0 Å². The molecule has 1 aliphatic rings. The summed E-state index contributed by atoms with van der Waals surface area (Å²) >= 11 is 0. The highest BCUT2D eigenvalue weighted by Gasteiger charge is 2.25. The first kappa shape index (κ1) is 10.3. The van der Waals surface area contributed by atoms with E-state index in [1.54, 1.807) is 12.1 Å². The first-order chi connectivity index (χ1) is 8.25. The van der Waals surface area contributed by atoms with Gasteiger partial charge < -0.3 is 5.10 Å².